The van der Waals surface area contributed by atoms with Crippen molar-refractivity contribution in [1.82, 2.24) is 20.7 Å². The molecule has 0 spiro atoms. The van der Waals surface area contributed by atoms with Crippen molar-refractivity contribution in [2.24, 2.45) is 0 Å². The number of rotatable bonds is 6. The lowest BCUT2D eigenvalue weighted by Crippen LogP contribution is -2.30. The van der Waals surface area contributed by atoms with Crippen molar-refractivity contribution in [3.05, 3.63) is 29.3 Å². The van der Waals surface area contributed by atoms with Gasteiger partial charge in [0.25, 0.3) is 5.91 Å². The Kier molecular flexibility index (Phi) is 4.99. The van der Waals surface area contributed by atoms with Crippen LogP contribution in [-0.2, 0) is 12.8 Å². The van der Waals surface area contributed by atoms with E-state index in [1.165, 1.54) is 12.8 Å². The molecule has 0 atom stereocenters. The highest BCUT2D eigenvalue weighted by Crippen LogP contribution is 2.24. The molecule has 138 valence electrons. The summed E-state index contributed by atoms with van der Waals surface area (Å²) in [6.07, 6.45) is 8.19. The van der Waals surface area contributed by atoms with Gasteiger partial charge in [-0.25, -0.2) is 0 Å². The molecule has 3 heterocycles. The number of hydrogen-bond acceptors (Lipinski definition) is 7. The van der Waals surface area contributed by atoms with Gasteiger partial charge in [-0.1, -0.05) is 5.16 Å². The largest absolute Gasteiger partial charge is 0.370 e. The molecular formula is C18H24N6O2. The third-order valence-corrected chi connectivity index (χ3v) is 4.99. The number of nitrogens with one attached hydrogen (secondary N) is 2. The van der Waals surface area contributed by atoms with Gasteiger partial charge in [-0.15, -0.1) is 5.10 Å². The van der Waals surface area contributed by atoms with E-state index in [0.29, 0.717) is 18.8 Å². The monoisotopic (exact) mass is 356 g/mol. The highest BCUT2D eigenvalue weighted by Gasteiger charge is 2.23. The van der Waals surface area contributed by atoms with Gasteiger partial charge in [-0.05, 0) is 32.1 Å². The lowest BCUT2D eigenvalue weighted by atomic mass is 9.96. The molecule has 8 nitrogen and oxygen atoms in total. The molecule has 0 unspecified atom stereocenters. The normalized spacial score (nSPS) is 16.4. The molecule has 1 amide bonds. The smallest absolute Gasteiger partial charge is 0.273 e. The van der Waals surface area contributed by atoms with Gasteiger partial charge in [-0.2, -0.15) is 5.10 Å². The van der Waals surface area contributed by atoms with Gasteiger partial charge < -0.3 is 20.1 Å². The van der Waals surface area contributed by atoms with Crippen LogP contribution in [0.5, 0.6) is 0 Å². The predicted molar refractivity (Wildman–Crippen MR) is 97.4 cm³/mol. The summed E-state index contributed by atoms with van der Waals surface area (Å²) in [4.78, 5) is 14.6. The molecule has 0 radical (unpaired) electrons. The minimum atomic E-state index is -0.171. The van der Waals surface area contributed by atoms with E-state index < -0.39 is 0 Å². The van der Waals surface area contributed by atoms with E-state index in [1.807, 2.05) is 6.07 Å². The van der Waals surface area contributed by atoms with Gasteiger partial charge in [0, 0.05) is 44.2 Å². The zero-order valence-electron chi connectivity index (χ0n) is 14.8. The quantitative estimate of drug-likeness (QED) is 0.762. The number of aromatic nitrogens is 3. The minimum absolute atomic E-state index is 0.171. The van der Waals surface area contributed by atoms with Crippen LogP contribution >= 0.6 is 0 Å². The molecule has 2 aromatic rings. The molecule has 2 N–H and O–H groups in total. The Morgan fingerprint density at radius 3 is 2.88 bits per heavy atom. The first-order valence-electron chi connectivity index (χ1n) is 9.38. The Labute approximate surface area is 152 Å². The number of carbonyl (C=O) groups is 1. The van der Waals surface area contributed by atoms with Crippen LogP contribution in [0.25, 0.3) is 0 Å². The molecule has 8 heteroatoms. The third kappa shape index (κ3) is 3.63. The zero-order valence-corrected chi connectivity index (χ0v) is 14.8. The summed E-state index contributed by atoms with van der Waals surface area (Å²) in [5, 5.41) is 18.2. The van der Waals surface area contributed by atoms with Gasteiger partial charge in [0.1, 0.15) is 5.76 Å². The van der Waals surface area contributed by atoms with Crippen molar-refractivity contribution in [2.75, 3.05) is 36.4 Å². The SMILES string of the molecule is O=C(NCCNc1cc(N2CCCC2)cnn1)c1noc2c1CCCC2. The summed E-state index contributed by atoms with van der Waals surface area (Å²) in [6.45, 7) is 3.20. The maximum Gasteiger partial charge on any atom is 0.273 e. The van der Waals surface area contributed by atoms with Gasteiger partial charge >= 0.3 is 0 Å². The fourth-order valence-corrected chi connectivity index (χ4v) is 3.60. The summed E-state index contributed by atoms with van der Waals surface area (Å²) >= 11 is 0. The standard InChI is InChI=1S/C18H24N6O2/c25-18(17-14-5-1-2-6-15(14)26-23-17)20-8-7-19-16-11-13(12-21-22-16)24-9-3-4-10-24/h11-12H,1-10H2,(H,19,22)(H,20,25). The highest BCUT2D eigenvalue weighted by atomic mass is 16.5. The Morgan fingerprint density at radius 1 is 1.15 bits per heavy atom. The lowest BCUT2D eigenvalue weighted by molar-refractivity contribution is 0.0945. The number of fused-ring (bicyclic) bond motifs is 1. The first-order valence-corrected chi connectivity index (χ1v) is 9.38. The Bertz CT molecular complexity index is 769. The summed E-state index contributed by atoms with van der Waals surface area (Å²) in [6, 6.07) is 2.01. The Morgan fingerprint density at radius 2 is 2.00 bits per heavy atom. The van der Waals surface area contributed by atoms with E-state index in [9.17, 15) is 4.79 Å². The highest BCUT2D eigenvalue weighted by molar-refractivity contribution is 5.93. The third-order valence-electron chi connectivity index (χ3n) is 4.99. The molecule has 1 aliphatic carbocycles. The van der Waals surface area contributed by atoms with Gasteiger partial charge in [0.05, 0.1) is 11.9 Å². The maximum atomic E-state index is 12.3. The van der Waals surface area contributed by atoms with Crippen LogP contribution in [0.4, 0.5) is 11.5 Å². The van der Waals surface area contributed by atoms with Gasteiger partial charge in [0.2, 0.25) is 0 Å². The second-order valence-corrected chi connectivity index (χ2v) is 6.82. The average molecular weight is 356 g/mol. The van der Waals surface area contributed by atoms with Crippen molar-refractivity contribution >= 4 is 17.4 Å². The molecule has 0 aromatic carbocycles. The number of aryl methyl sites for hydroxylation is 1. The minimum Gasteiger partial charge on any atom is -0.370 e. The topological polar surface area (TPSA) is 96.2 Å². The van der Waals surface area contributed by atoms with Gasteiger partial charge in [-0.3, -0.25) is 4.79 Å². The van der Waals surface area contributed by atoms with Crippen molar-refractivity contribution in [3.63, 3.8) is 0 Å². The Hall–Kier alpha value is -2.64. The summed E-state index contributed by atoms with van der Waals surface area (Å²) in [7, 11) is 0. The molecule has 1 aliphatic heterocycles. The van der Waals surface area contributed by atoms with Crippen molar-refractivity contribution in [2.45, 2.75) is 38.5 Å². The predicted octanol–water partition coefficient (Wildman–Crippen LogP) is 1.79. The number of hydrogen-bond donors (Lipinski definition) is 2. The first-order chi connectivity index (χ1) is 12.8. The second kappa shape index (κ2) is 7.72. The molecule has 1 saturated heterocycles. The zero-order chi connectivity index (χ0) is 17.8. The average Bonchev–Trinajstić information content (AvgIpc) is 3.35. The van der Waals surface area contributed by atoms with Crippen LogP contribution in [-0.4, -0.2) is 47.4 Å². The number of amides is 1. The molecule has 2 aliphatic rings. The van der Waals surface area contributed by atoms with E-state index in [-0.39, 0.29) is 5.91 Å². The summed E-state index contributed by atoms with van der Waals surface area (Å²) < 4.78 is 5.30. The van der Waals surface area contributed by atoms with Crippen molar-refractivity contribution < 1.29 is 9.32 Å². The van der Waals surface area contributed by atoms with Crippen LogP contribution in [0.3, 0.4) is 0 Å². The first kappa shape index (κ1) is 16.8. The molecule has 4 rings (SSSR count). The van der Waals surface area contributed by atoms with Crippen LogP contribution in [0.2, 0.25) is 0 Å². The fourth-order valence-electron chi connectivity index (χ4n) is 3.60. The molecule has 0 bridgehead atoms. The molecular weight excluding hydrogens is 332 g/mol. The van der Waals surface area contributed by atoms with Crippen molar-refractivity contribution in [3.8, 4) is 0 Å². The molecule has 26 heavy (non-hydrogen) atoms. The molecule has 0 saturated carbocycles. The molecule has 1 fully saturated rings. The van der Waals surface area contributed by atoms with E-state index in [4.69, 9.17) is 4.52 Å². The number of carbonyl (C=O) groups excluding carboxylic acids is 1. The lowest BCUT2D eigenvalue weighted by Gasteiger charge is -2.17. The van der Waals surface area contributed by atoms with Crippen LogP contribution in [0, 0.1) is 0 Å². The second-order valence-electron chi connectivity index (χ2n) is 6.82. The van der Waals surface area contributed by atoms with Crippen molar-refractivity contribution in [1.29, 1.82) is 0 Å². The fraction of sp³-hybridized carbons (Fsp3) is 0.556. The summed E-state index contributed by atoms with van der Waals surface area (Å²) in [5.41, 5.74) is 2.51. The van der Waals surface area contributed by atoms with Crippen LogP contribution in [0.15, 0.2) is 16.8 Å². The molecule has 2 aromatic heterocycles. The Balaban J connectivity index is 1.27. The van der Waals surface area contributed by atoms with E-state index in [2.05, 4.69) is 30.9 Å². The van der Waals surface area contributed by atoms with Crippen LogP contribution < -0.4 is 15.5 Å². The van der Waals surface area contributed by atoms with E-state index in [0.717, 1.165) is 61.6 Å². The van der Waals surface area contributed by atoms with E-state index >= 15 is 0 Å². The summed E-state index contributed by atoms with van der Waals surface area (Å²) in [5.74, 6) is 1.42. The number of anilines is 2. The number of nitrogens with zero attached hydrogens (tertiary/aromatic N) is 4. The van der Waals surface area contributed by atoms with Crippen LogP contribution in [0.1, 0.15) is 47.5 Å². The maximum absolute atomic E-state index is 12.3. The van der Waals surface area contributed by atoms with Gasteiger partial charge in [0.15, 0.2) is 11.5 Å². The van der Waals surface area contributed by atoms with E-state index in [1.54, 1.807) is 6.20 Å².